The number of pyridine rings is 1. The number of rotatable bonds is 3. The van der Waals surface area contributed by atoms with E-state index in [9.17, 15) is 8.42 Å². The first-order chi connectivity index (χ1) is 11.0. The third kappa shape index (κ3) is 4.29. The highest BCUT2D eigenvalue weighted by Crippen LogP contribution is 2.34. The predicted molar refractivity (Wildman–Crippen MR) is 88.4 cm³/mol. The van der Waals surface area contributed by atoms with Crippen molar-refractivity contribution in [1.82, 2.24) is 14.2 Å². The van der Waals surface area contributed by atoms with E-state index < -0.39 is 10.0 Å². The first-order valence-corrected chi connectivity index (χ1v) is 9.97. The molecule has 1 atom stereocenters. The summed E-state index contributed by atoms with van der Waals surface area (Å²) in [5.74, 6) is 0. The van der Waals surface area contributed by atoms with Crippen LogP contribution in [-0.2, 0) is 21.3 Å². The van der Waals surface area contributed by atoms with Crippen molar-refractivity contribution >= 4 is 10.0 Å². The number of hydrogen-bond acceptors (Lipinski definition) is 5. The molecule has 0 radical (unpaired) electrons. The summed E-state index contributed by atoms with van der Waals surface area (Å²) >= 11 is 0. The van der Waals surface area contributed by atoms with Crippen LogP contribution in [0.2, 0.25) is 0 Å². The number of piperidine rings is 1. The van der Waals surface area contributed by atoms with E-state index >= 15 is 0 Å². The Labute approximate surface area is 138 Å². The quantitative estimate of drug-likeness (QED) is 0.821. The molecule has 1 aromatic heterocycles. The molecule has 2 fully saturated rings. The van der Waals surface area contributed by atoms with Crippen molar-refractivity contribution in [1.29, 1.82) is 0 Å². The zero-order valence-electron chi connectivity index (χ0n) is 13.6. The minimum atomic E-state index is -3.14. The summed E-state index contributed by atoms with van der Waals surface area (Å²) in [7, 11) is -3.14. The molecule has 0 aliphatic carbocycles. The van der Waals surface area contributed by atoms with Crippen LogP contribution in [0, 0.1) is 5.41 Å². The lowest BCUT2D eigenvalue weighted by Gasteiger charge is -2.42. The van der Waals surface area contributed by atoms with Crippen LogP contribution in [0.3, 0.4) is 0 Å². The van der Waals surface area contributed by atoms with Crippen LogP contribution >= 0.6 is 0 Å². The van der Waals surface area contributed by atoms with E-state index in [0.717, 1.165) is 38.2 Å². The SMILES string of the molecule is CS(=O)(=O)N1CCCC2(COCCN(Cc3ccccn3)C2)C1. The van der Waals surface area contributed by atoms with E-state index in [1.54, 1.807) is 4.31 Å². The van der Waals surface area contributed by atoms with Gasteiger partial charge in [0.1, 0.15) is 0 Å². The van der Waals surface area contributed by atoms with Crippen molar-refractivity contribution in [3.8, 4) is 0 Å². The van der Waals surface area contributed by atoms with Crippen LogP contribution < -0.4 is 0 Å². The maximum absolute atomic E-state index is 11.9. The van der Waals surface area contributed by atoms with E-state index in [-0.39, 0.29) is 5.41 Å². The fraction of sp³-hybridized carbons (Fsp3) is 0.688. The highest BCUT2D eigenvalue weighted by atomic mass is 32.2. The third-order valence-electron chi connectivity index (χ3n) is 4.73. The lowest BCUT2D eigenvalue weighted by atomic mass is 9.81. The number of aromatic nitrogens is 1. The predicted octanol–water partition coefficient (Wildman–Crippen LogP) is 0.956. The first kappa shape index (κ1) is 16.8. The van der Waals surface area contributed by atoms with Gasteiger partial charge >= 0.3 is 0 Å². The Morgan fingerprint density at radius 2 is 2.17 bits per heavy atom. The number of nitrogens with zero attached hydrogens (tertiary/aromatic N) is 3. The molecule has 3 rings (SSSR count). The van der Waals surface area contributed by atoms with Crippen LogP contribution in [0.5, 0.6) is 0 Å². The third-order valence-corrected chi connectivity index (χ3v) is 5.98. The van der Waals surface area contributed by atoms with Gasteiger partial charge in [-0.3, -0.25) is 9.88 Å². The second kappa shape index (κ2) is 6.84. The Hall–Kier alpha value is -1.02. The summed E-state index contributed by atoms with van der Waals surface area (Å²) in [5, 5.41) is 0. The van der Waals surface area contributed by atoms with Crippen LogP contribution in [0.1, 0.15) is 18.5 Å². The molecule has 0 aromatic carbocycles. The summed E-state index contributed by atoms with van der Waals surface area (Å²) in [6, 6.07) is 5.95. The fourth-order valence-electron chi connectivity index (χ4n) is 3.63. The van der Waals surface area contributed by atoms with Crippen molar-refractivity contribution in [3.05, 3.63) is 30.1 Å². The Balaban J connectivity index is 1.73. The van der Waals surface area contributed by atoms with Crippen LogP contribution in [0.15, 0.2) is 24.4 Å². The van der Waals surface area contributed by atoms with Gasteiger partial charge in [-0.25, -0.2) is 12.7 Å². The lowest BCUT2D eigenvalue weighted by molar-refractivity contribution is 0.0283. The monoisotopic (exact) mass is 339 g/mol. The van der Waals surface area contributed by atoms with Gasteiger partial charge in [-0.1, -0.05) is 6.07 Å². The van der Waals surface area contributed by atoms with Crippen molar-refractivity contribution in [2.45, 2.75) is 19.4 Å². The van der Waals surface area contributed by atoms with E-state index in [2.05, 4.69) is 9.88 Å². The highest BCUT2D eigenvalue weighted by molar-refractivity contribution is 7.88. The summed E-state index contributed by atoms with van der Waals surface area (Å²) in [4.78, 5) is 6.75. The lowest BCUT2D eigenvalue weighted by Crippen LogP contribution is -2.51. The average Bonchev–Trinajstić information content (AvgIpc) is 2.70. The maximum atomic E-state index is 11.9. The minimum absolute atomic E-state index is 0.105. The van der Waals surface area contributed by atoms with E-state index in [0.29, 0.717) is 26.3 Å². The van der Waals surface area contributed by atoms with Gasteiger partial charge in [0, 0.05) is 44.3 Å². The van der Waals surface area contributed by atoms with Gasteiger partial charge in [-0.2, -0.15) is 0 Å². The molecule has 1 spiro atoms. The first-order valence-electron chi connectivity index (χ1n) is 8.12. The zero-order chi connectivity index (χ0) is 16.3. The van der Waals surface area contributed by atoms with Gasteiger partial charge in [0.15, 0.2) is 0 Å². The molecule has 2 saturated heterocycles. The topological polar surface area (TPSA) is 62.7 Å². The molecule has 23 heavy (non-hydrogen) atoms. The zero-order valence-corrected chi connectivity index (χ0v) is 14.5. The molecule has 6 nitrogen and oxygen atoms in total. The van der Waals surface area contributed by atoms with E-state index in [1.165, 1.54) is 6.26 Å². The number of ether oxygens (including phenoxy) is 1. The summed E-state index contributed by atoms with van der Waals surface area (Å²) < 4.78 is 31.3. The Morgan fingerprint density at radius 1 is 1.30 bits per heavy atom. The van der Waals surface area contributed by atoms with Crippen molar-refractivity contribution in [3.63, 3.8) is 0 Å². The molecule has 0 saturated carbocycles. The molecule has 2 aliphatic heterocycles. The molecule has 2 aliphatic rings. The normalized spacial score (nSPS) is 27.9. The largest absolute Gasteiger partial charge is 0.379 e. The minimum Gasteiger partial charge on any atom is -0.379 e. The Morgan fingerprint density at radius 3 is 2.91 bits per heavy atom. The average molecular weight is 339 g/mol. The molecule has 7 heteroatoms. The van der Waals surface area contributed by atoms with Crippen molar-refractivity contribution in [2.24, 2.45) is 5.41 Å². The molecule has 128 valence electrons. The van der Waals surface area contributed by atoms with Gasteiger partial charge in [0.25, 0.3) is 0 Å². The van der Waals surface area contributed by atoms with Crippen molar-refractivity contribution in [2.75, 3.05) is 45.6 Å². The van der Waals surface area contributed by atoms with Crippen LogP contribution in [0.4, 0.5) is 0 Å². The van der Waals surface area contributed by atoms with Crippen molar-refractivity contribution < 1.29 is 13.2 Å². The van der Waals surface area contributed by atoms with Gasteiger partial charge in [0.2, 0.25) is 10.0 Å². The second-order valence-corrected chi connectivity index (χ2v) is 8.77. The smallest absolute Gasteiger partial charge is 0.211 e. The summed E-state index contributed by atoms with van der Waals surface area (Å²) in [6.07, 6.45) is 5.02. The second-order valence-electron chi connectivity index (χ2n) is 6.78. The summed E-state index contributed by atoms with van der Waals surface area (Å²) in [5.41, 5.74) is 0.937. The molecule has 0 N–H and O–H groups in total. The molecule has 0 amide bonds. The number of hydrogen-bond donors (Lipinski definition) is 0. The Kier molecular flexibility index (Phi) is 5.01. The van der Waals surface area contributed by atoms with Crippen LogP contribution in [0.25, 0.3) is 0 Å². The maximum Gasteiger partial charge on any atom is 0.211 e. The van der Waals surface area contributed by atoms with Crippen LogP contribution in [-0.4, -0.2) is 68.3 Å². The standard InChI is InChI=1S/C16H25N3O3S/c1-23(20,21)19-8-4-6-16(13-19)12-18(9-10-22-14-16)11-15-5-2-3-7-17-15/h2-3,5,7H,4,6,8-14H2,1H3. The fourth-order valence-corrected chi connectivity index (χ4v) is 4.60. The molecule has 0 bridgehead atoms. The van der Waals surface area contributed by atoms with Gasteiger partial charge in [0.05, 0.1) is 25.2 Å². The van der Waals surface area contributed by atoms with Gasteiger partial charge < -0.3 is 4.74 Å². The Bertz CT molecular complexity index is 623. The molecule has 1 aromatic rings. The number of sulfonamides is 1. The molecular weight excluding hydrogens is 314 g/mol. The summed E-state index contributed by atoms with van der Waals surface area (Å²) in [6.45, 7) is 5.01. The van der Waals surface area contributed by atoms with Gasteiger partial charge in [-0.15, -0.1) is 0 Å². The molecule has 1 unspecified atom stereocenters. The highest BCUT2D eigenvalue weighted by Gasteiger charge is 2.41. The van der Waals surface area contributed by atoms with E-state index in [1.807, 2.05) is 24.4 Å². The molecule has 3 heterocycles. The molecular formula is C16H25N3O3S. The van der Waals surface area contributed by atoms with E-state index in [4.69, 9.17) is 4.74 Å². The van der Waals surface area contributed by atoms with Gasteiger partial charge in [-0.05, 0) is 25.0 Å².